The molecule has 0 N–H and O–H groups in total. The molecule has 1 aliphatic rings. The van der Waals surface area contributed by atoms with Crippen LogP contribution in [0.15, 0.2) is 29.2 Å². The van der Waals surface area contributed by atoms with E-state index in [0.29, 0.717) is 23.5 Å². The molecule has 6 heteroatoms. The van der Waals surface area contributed by atoms with Gasteiger partial charge in [0.2, 0.25) is 10.0 Å². The fourth-order valence-electron chi connectivity index (χ4n) is 2.24. The molecule has 0 bridgehead atoms. The Morgan fingerprint density at radius 2 is 2.00 bits per heavy atom. The largest absolute Gasteiger partial charge is 0.301 e. The standard InChI is InChI=1S/C13H19ClN2O2S/c1-11-10-16(8-7-15(11)2)19(17,18)13-6-4-3-5-12(13)9-14/h3-6,11H,7-10H2,1-2H3. The fraction of sp³-hybridized carbons (Fsp3) is 0.538. The normalized spacial score (nSPS) is 22.6. The van der Waals surface area contributed by atoms with Crippen LogP contribution in [-0.2, 0) is 15.9 Å². The fourth-order valence-corrected chi connectivity index (χ4v) is 4.28. The maximum atomic E-state index is 12.7. The Bertz CT molecular complexity index is 547. The van der Waals surface area contributed by atoms with Crippen LogP contribution in [0, 0.1) is 0 Å². The van der Waals surface area contributed by atoms with E-state index < -0.39 is 10.0 Å². The molecule has 1 saturated heterocycles. The number of alkyl halides is 1. The molecule has 0 spiro atoms. The third-order valence-corrected chi connectivity index (χ3v) is 5.91. The number of nitrogens with zero attached hydrogens (tertiary/aromatic N) is 2. The Balaban J connectivity index is 2.32. The predicted molar refractivity (Wildman–Crippen MR) is 76.8 cm³/mol. The number of halogens is 1. The summed E-state index contributed by atoms with van der Waals surface area (Å²) < 4.78 is 26.9. The van der Waals surface area contributed by atoms with Crippen LogP contribution in [-0.4, -0.2) is 50.3 Å². The summed E-state index contributed by atoms with van der Waals surface area (Å²) in [5.41, 5.74) is 0.663. The monoisotopic (exact) mass is 302 g/mol. The highest BCUT2D eigenvalue weighted by molar-refractivity contribution is 7.89. The zero-order valence-electron chi connectivity index (χ0n) is 11.2. The Morgan fingerprint density at radius 1 is 1.32 bits per heavy atom. The van der Waals surface area contributed by atoms with Gasteiger partial charge in [-0.2, -0.15) is 4.31 Å². The topological polar surface area (TPSA) is 40.6 Å². The van der Waals surface area contributed by atoms with Crippen LogP contribution in [0.5, 0.6) is 0 Å². The lowest BCUT2D eigenvalue weighted by atomic mass is 10.2. The Labute approximate surface area is 120 Å². The molecule has 19 heavy (non-hydrogen) atoms. The number of piperazine rings is 1. The van der Waals surface area contributed by atoms with Gasteiger partial charge < -0.3 is 4.90 Å². The van der Waals surface area contributed by atoms with Gasteiger partial charge in [0.1, 0.15) is 0 Å². The summed E-state index contributed by atoms with van der Waals surface area (Å²) in [6, 6.07) is 7.17. The van der Waals surface area contributed by atoms with Gasteiger partial charge in [-0.15, -0.1) is 11.6 Å². The molecule has 1 heterocycles. The number of likely N-dealkylation sites (N-methyl/N-ethyl adjacent to an activating group) is 1. The van der Waals surface area contributed by atoms with E-state index in [-0.39, 0.29) is 11.9 Å². The third-order valence-electron chi connectivity index (χ3n) is 3.66. The average molecular weight is 303 g/mol. The van der Waals surface area contributed by atoms with Gasteiger partial charge in [-0.05, 0) is 25.6 Å². The SMILES string of the molecule is CC1CN(S(=O)(=O)c2ccccc2CCl)CCN1C. The van der Waals surface area contributed by atoms with Crippen molar-refractivity contribution in [3.05, 3.63) is 29.8 Å². The highest BCUT2D eigenvalue weighted by Crippen LogP contribution is 2.23. The highest BCUT2D eigenvalue weighted by atomic mass is 35.5. The average Bonchev–Trinajstić information content (AvgIpc) is 2.41. The summed E-state index contributed by atoms with van der Waals surface area (Å²) in [6.45, 7) is 3.84. The van der Waals surface area contributed by atoms with Crippen molar-refractivity contribution in [2.75, 3.05) is 26.7 Å². The highest BCUT2D eigenvalue weighted by Gasteiger charge is 2.31. The predicted octanol–water partition coefficient (Wildman–Crippen LogP) is 1.75. The minimum Gasteiger partial charge on any atom is -0.301 e. The van der Waals surface area contributed by atoms with Gasteiger partial charge in [0.25, 0.3) is 0 Å². The lowest BCUT2D eigenvalue weighted by Gasteiger charge is -2.37. The Hall–Kier alpha value is -0.620. The molecule has 1 aromatic rings. The summed E-state index contributed by atoms with van der Waals surface area (Å²) in [5, 5.41) is 0. The van der Waals surface area contributed by atoms with Crippen molar-refractivity contribution in [1.29, 1.82) is 0 Å². The van der Waals surface area contributed by atoms with Crippen LogP contribution >= 0.6 is 11.6 Å². The smallest absolute Gasteiger partial charge is 0.243 e. The molecular weight excluding hydrogens is 284 g/mol. The minimum atomic E-state index is -3.44. The van der Waals surface area contributed by atoms with Crippen molar-refractivity contribution in [2.45, 2.75) is 23.7 Å². The lowest BCUT2D eigenvalue weighted by molar-refractivity contribution is 0.159. The first-order valence-electron chi connectivity index (χ1n) is 6.31. The third kappa shape index (κ3) is 2.94. The maximum absolute atomic E-state index is 12.7. The molecule has 0 aliphatic carbocycles. The summed E-state index contributed by atoms with van der Waals surface area (Å²) in [7, 11) is -1.42. The van der Waals surface area contributed by atoms with Crippen LogP contribution in [0.3, 0.4) is 0 Å². The first-order chi connectivity index (χ1) is 8.96. The minimum absolute atomic E-state index is 0.207. The van der Waals surface area contributed by atoms with Gasteiger partial charge in [0.05, 0.1) is 4.90 Å². The molecule has 1 fully saturated rings. The van der Waals surface area contributed by atoms with Gasteiger partial charge in [0, 0.05) is 31.6 Å². The number of hydrogen-bond donors (Lipinski definition) is 0. The molecule has 0 amide bonds. The molecule has 106 valence electrons. The zero-order valence-corrected chi connectivity index (χ0v) is 12.8. The van der Waals surface area contributed by atoms with Gasteiger partial charge in [-0.25, -0.2) is 8.42 Å². The van der Waals surface area contributed by atoms with E-state index in [1.807, 2.05) is 20.0 Å². The van der Waals surface area contributed by atoms with Crippen molar-refractivity contribution in [3.8, 4) is 0 Å². The second kappa shape index (κ2) is 5.79. The van der Waals surface area contributed by atoms with E-state index in [9.17, 15) is 8.42 Å². The molecule has 1 aromatic carbocycles. The van der Waals surface area contributed by atoms with Gasteiger partial charge in [-0.1, -0.05) is 18.2 Å². The summed E-state index contributed by atoms with van der Waals surface area (Å²) >= 11 is 5.84. The molecule has 4 nitrogen and oxygen atoms in total. The van der Waals surface area contributed by atoms with E-state index >= 15 is 0 Å². The number of hydrogen-bond acceptors (Lipinski definition) is 3. The van der Waals surface area contributed by atoms with Crippen molar-refractivity contribution in [2.24, 2.45) is 0 Å². The molecule has 0 radical (unpaired) electrons. The van der Waals surface area contributed by atoms with Crippen LogP contribution in [0.1, 0.15) is 12.5 Å². The number of benzene rings is 1. The molecule has 2 rings (SSSR count). The summed E-state index contributed by atoms with van der Waals surface area (Å²) in [5.74, 6) is 0.207. The van der Waals surface area contributed by atoms with Crippen molar-refractivity contribution in [1.82, 2.24) is 9.21 Å². The molecule has 0 aromatic heterocycles. The zero-order chi connectivity index (χ0) is 14.0. The Morgan fingerprint density at radius 3 is 2.63 bits per heavy atom. The van der Waals surface area contributed by atoms with E-state index in [1.54, 1.807) is 22.5 Å². The second-order valence-electron chi connectivity index (χ2n) is 4.93. The molecule has 0 saturated carbocycles. The van der Waals surface area contributed by atoms with Gasteiger partial charge in [0.15, 0.2) is 0 Å². The Kier molecular flexibility index (Phi) is 4.50. The molecule has 1 atom stereocenters. The van der Waals surface area contributed by atoms with E-state index in [2.05, 4.69) is 4.90 Å². The number of sulfonamides is 1. The first-order valence-corrected chi connectivity index (χ1v) is 8.28. The summed E-state index contributed by atoms with van der Waals surface area (Å²) in [4.78, 5) is 2.50. The quantitative estimate of drug-likeness (QED) is 0.799. The number of rotatable bonds is 3. The van der Waals surface area contributed by atoms with Crippen molar-refractivity contribution < 1.29 is 8.42 Å². The van der Waals surface area contributed by atoms with E-state index in [4.69, 9.17) is 11.6 Å². The van der Waals surface area contributed by atoms with Gasteiger partial charge >= 0.3 is 0 Å². The van der Waals surface area contributed by atoms with Crippen LogP contribution in [0.25, 0.3) is 0 Å². The van der Waals surface area contributed by atoms with Crippen molar-refractivity contribution in [3.63, 3.8) is 0 Å². The van der Waals surface area contributed by atoms with E-state index in [1.165, 1.54) is 0 Å². The first kappa shape index (κ1) is 14.8. The van der Waals surface area contributed by atoms with Gasteiger partial charge in [-0.3, -0.25) is 0 Å². The summed E-state index contributed by atoms with van der Waals surface area (Å²) in [6.07, 6.45) is 0. The van der Waals surface area contributed by atoms with E-state index in [0.717, 1.165) is 6.54 Å². The van der Waals surface area contributed by atoms with Crippen LogP contribution < -0.4 is 0 Å². The van der Waals surface area contributed by atoms with Crippen LogP contribution in [0.2, 0.25) is 0 Å². The molecule has 1 unspecified atom stereocenters. The van der Waals surface area contributed by atoms with Crippen LogP contribution in [0.4, 0.5) is 0 Å². The lowest BCUT2D eigenvalue weighted by Crippen LogP contribution is -2.51. The molecular formula is C13H19ClN2O2S. The maximum Gasteiger partial charge on any atom is 0.243 e. The molecule has 1 aliphatic heterocycles. The van der Waals surface area contributed by atoms with Crippen molar-refractivity contribution >= 4 is 21.6 Å². The second-order valence-corrected chi connectivity index (χ2v) is 7.11.